The minimum absolute atomic E-state index is 0.0572. The maximum absolute atomic E-state index is 12.2. The highest BCUT2D eigenvalue weighted by Gasteiger charge is 2.14. The molecule has 0 saturated heterocycles. The third-order valence-electron chi connectivity index (χ3n) is 2.95. The molecule has 0 amide bonds. The van der Waals surface area contributed by atoms with Gasteiger partial charge in [-0.3, -0.25) is 4.79 Å². The number of Topliss-reactive ketones (excluding diaryl/α,β-unsaturated/α-hetero) is 1. The van der Waals surface area contributed by atoms with Crippen molar-refractivity contribution < 1.29 is 4.79 Å². The average molecular weight is 331 g/mol. The van der Waals surface area contributed by atoms with Gasteiger partial charge in [-0.05, 0) is 34.7 Å². The lowest BCUT2D eigenvalue weighted by molar-refractivity contribution is 0.102. The van der Waals surface area contributed by atoms with Crippen LogP contribution >= 0.6 is 23.4 Å². The zero-order valence-corrected chi connectivity index (χ0v) is 13.0. The molecule has 0 N–H and O–H groups in total. The number of ketones is 1. The summed E-state index contributed by atoms with van der Waals surface area (Å²) in [6.45, 7) is 0. The summed E-state index contributed by atoms with van der Waals surface area (Å²) < 4.78 is 1.60. The zero-order valence-electron chi connectivity index (χ0n) is 11.4. The van der Waals surface area contributed by atoms with Gasteiger partial charge in [0.15, 0.2) is 5.78 Å². The van der Waals surface area contributed by atoms with Crippen LogP contribution in [0.1, 0.15) is 10.4 Å². The molecule has 3 rings (SSSR count). The van der Waals surface area contributed by atoms with E-state index in [0.717, 1.165) is 5.69 Å². The highest BCUT2D eigenvalue weighted by molar-refractivity contribution is 7.99. The predicted octanol–water partition coefficient (Wildman–Crippen LogP) is 3.29. The fourth-order valence-electron chi connectivity index (χ4n) is 1.90. The van der Waals surface area contributed by atoms with Crippen LogP contribution in [0.2, 0.25) is 5.02 Å². The van der Waals surface area contributed by atoms with Gasteiger partial charge < -0.3 is 0 Å². The second-order valence-electron chi connectivity index (χ2n) is 4.40. The summed E-state index contributed by atoms with van der Waals surface area (Å²) in [4.78, 5) is 12.2. The van der Waals surface area contributed by atoms with Crippen molar-refractivity contribution in [3.8, 4) is 5.69 Å². The van der Waals surface area contributed by atoms with Crippen LogP contribution in [0.3, 0.4) is 0 Å². The van der Waals surface area contributed by atoms with E-state index in [4.69, 9.17) is 11.6 Å². The van der Waals surface area contributed by atoms with Gasteiger partial charge in [0.05, 0.1) is 16.5 Å². The van der Waals surface area contributed by atoms with Crippen molar-refractivity contribution in [2.75, 3.05) is 5.75 Å². The molecule has 2 aromatic carbocycles. The minimum atomic E-state index is -0.0572. The molecule has 3 aromatic rings. The molecule has 0 saturated carbocycles. The highest BCUT2D eigenvalue weighted by Crippen LogP contribution is 2.22. The molecular weight excluding hydrogens is 320 g/mol. The normalized spacial score (nSPS) is 10.6. The number of nitrogens with zero attached hydrogens (tertiary/aromatic N) is 4. The second kappa shape index (κ2) is 6.72. The summed E-state index contributed by atoms with van der Waals surface area (Å²) in [5.74, 6) is 0.162. The predicted molar refractivity (Wildman–Crippen MR) is 85.7 cm³/mol. The van der Waals surface area contributed by atoms with Gasteiger partial charge in [0.1, 0.15) is 0 Å². The molecule has 1 aromatic heterocycles. The Bertz CT molecular complexity index is 791. The van der Waals surface area contributed by atoms with E-state index in [2.05, 4.69) is 15.5 Å². The smallest absolute Gasteiger partial charge is 0.214 e. The number of carbonyl (C=O) groups excluding carboxylic acids is 1. The van der Waals surface area contributed by atoms with E-state index in [1.807, 2.05) is 30.3 Å². The quantitative estimate of drug-likeness (QED) is 0.530. The first-order chi connectivity index (χ1) is 10.8. The van der Waals surface area contributed by atoms with Crippen LogP contribution in [-0.2, 0) is 0 Å². The first-order valence-electron chi connectivity index (χ1n) is 6.50. The van der Waals surface area contributed by atoms with E-state index in [9.17, 15) is 4.79 Å². The van der Waals surface area contributed by atoms with Crippen molar-refractivity contribution in [3.63, 3.8) is 0 Å². The van der Waals surface area contributed by atoms with E-state index in [1.165, 1.54) is 11.8 Å². The Labute approximate surface area is 136 Å². The summed E-state index contributed by atoms with van der Waals surface area (Å²) in [5.41, 5.74) is 1.36. The number of hydrogen-bond donors (Lipinski definition) is 0. The van der Waals surface area contributed by atoms with Crippen molar-refractivity contribution >= 4 is 29.1 Å². The summed E-state index contributed by atoms with van der Waals surface area (Å²) >= 11 is 7.31. The number of rotatable bonds is 5. The van der Waals surface area contributed by atoms with Crippen LogP contribution in [0.5, 0.6) is 0 Å². The number of benzene rings is 2. The Morgan fingerprint density at radius 2 is 1.82 bits per heavy atom. The summed E-state index contributed by atoms with van der Waals surface area (Å²) in [5, 5.41) is 12.6. The van der Waals surface area contributed by atoms with E-state index in [0.29, 0.717) is 15.7 Å². The summed E-state index contributed by atoms with van der Waals surface area (Å²) in [6.07, 6.45) is 0. The zero-order chi connectivity index (χ0) is 15.4. The molecular formula is C15H11ClN4OS. The highest BCUT2D eigenvalue weighted by atomic mass is 35.5. The van der Waals surface area contributed by atoms with E-state index in [-0.39, 0.29) is 11.5 Å². The Kier molecular flexibility index (Phi) is 4.50. The molecule has 0 bridgehead atoms. The molecule has 0 fully saturated rings. The lowest BCUT2D eigenvalue weighted by atomic mass is 10.1. The van der Waals surface area contributed by atoms with Gasteiger partial charge in [-0.1, -0.05) is 53.7 Å². The van der Waals surface area contributed by atoms with Crippen LogP contribution in [0.4, 0.5) is 0 Å². The summed E-state index contributed by atoms with van der Waals surface area (Å²) in [6, 6.07) is 16.5. The molecule has 0 aliphatic carbocycles. The van der Waals surface area contributed by atoms with Crippen LogP contribution in [0.15, 0.2) is 59.8 Å². The molecule has 1 heterocycles. The fourth-order valence-corrected chi connectivity index (χ4v) is 2.91. The molecule has 5 nitrogen and oxygen atoms in total. The molecule has 0 aliphatic heterocycles. The third-order valence-corrected chi connectivity index (χ3v) is 4.20. The number of para-hydroxylation sites is 1. The molecule has 22 heavy (non-hydrogen) atoms. The van der Waals surface area contributed by atoms with Crippen molar-refractivity contribution in [2.24, 2.45) is 0 Å². The minimum Gasteiger partial charge on any atom is -0.293 e. The molecule has 7 heteroatoms. The largest absolute Gasteiger partial charge is 0.293 e. The third kappa shape index (κ3) is 3.18. The Morgan fingerprint density at radius 3 is 2.59 bits per heavy atom. The van der Waals surface area contributed by atoms with Gasteiger partial charge in [-0.15, -0.1) is 5.10 Å². The van der Waals surface area contributed by atoms with Crippen molar-refractivity contribution in [2.45, 2.75) is 5.16 Å². The number of aromatic nitrogens is 4. The standard InChI is InChI=1S/C15H11ClN4OS/c16-13-9-5-4-8-12(13)14(21)10-22-15-17-18-19-20(15)11-6-2-1-3-7-11/h1-9H,10H2. The lowest BCUT2D eigenvalue weighted by Crippen LogP contribution is -2.05. The van der Waals surface area contributed by atoms with Gasteiger partial charge >= 0.3 is 0 Å². The molecule has 0 unspecified atom stereocenters. The van der Waals surface area contributed by atoms with Crippen LogP contribution in [0, 0.1) is 0 Å². The monoisotopic (exact) mass is 330 g/mol. The van der Waals surface area contributed by atoms with Gasteiger partial charge in [0, 0.05) is 5.56 Å². The Morgan fingerprint density at radius 1 is 1.09 bits per heavy atom. The van der Waals surface area contributed by atoms with Crippen molar-refractivity contribution in [3.05, 3.63) is 65.2 Å². The first-order valence-corrected chi connectivity index (χ1v) is 7.86. The average Bonchev–Trinajstić information content (AvgIpc) is 3.02. The second-order valence-corrected chi connectivity index (χ2v) is 5.75. The molecule has 110 valence electrons. The maximum atomic E-state index is 12.2. The maximum Gasteiger partial charge on any atom is 0.214 e. The molecule has 0 radical (unpaired) electrons. The Hall–Kier alpha value is -2.18. The topological polar surface area (TPSA) is 60.7 Å². The van der Waals surface area contributed by atoms with Gasteiger partial charge in [-0.25, -0.2) is 0 Å². The van der Waals surface area contributed by atoms with Crippen LogP contribution < -0.4 is 0 Å². The first kappa shape index (κ1) is 14.7. The van der Waals surface area contributed by atoms with Crippen molar-refractivity contribution in [1.29, 1.82) is 0 Å². The number of carbonyl (C=O) groups is 1. The van der Waals surface area contributed by atoms with Gasteiger partial charge in [0.2, 0.25) is 5.16 Å². The Balaban J connectivity index is 1.75. The van der Waals surface area contributed by atoms with E-state index >= 15 is 0 Å². The molecule has 0 spiro atoms. The summed E-state index contributed by atoms with van der Waals surface area (Å²) in [7, 11) is 0. The SMILES string of the molecule is O=C(CSc1nnnn1-c1ccccc1)c1ccccc1Cl. The van der Waals surface area contributed by atoms with Crippen LogP contribution in [-0.4, -0.2) is 31.7 Å². The number of hydrogen-bond acceptors (Lipinski definition) is 5. The van der Waals surface area contributed by atoms with Crippen LogP contribution in [0.25, 0.3) is 5.69 Å². The molecule has 0 atom stereocenters. The van der Waals surface area contributed by atoms with E-state index < -0.39 is 0 Å². The van der Waals surface area contributed by atoms with Gasteiger partial charge in [0.25, 0.3) is 0 Å². The van der Waals surface area contributed by atoms with E-state index in [1.54, 1.807) is 28.9 Å². The number of thioether (sulfide) groups is 1. The lowest BCUT2D eigenvalue weighted by Gasteiger charge is -2.04. The number of tetrazole rings is 1. The fraction of sp³-hybridized carbons (Fsp3) is 0.0667. The van der Waals surface area contributed by atoms with Crippen molar-refractivity contribution in [1.82, 2.24) is 20.2 Å². The number of halogens is 1. The van der Waals surface area contributed by atoms with Gasteiger partial charge in [-0.2, -0.15) is 4.68 Å². The molecule has 0 aliphatic rings.